The maximum Gasteiger partial charge on any atom is 0.251 e. The second-order valence-electron chi connectivity index (χ2n) is 4.14. The number of aromatic nitrogens is 1. The predicted molar refractivity (Wildman–Crippen MR) is 62.1 cm³/mol. The molecule has 1 amide bonds. The molecule has 0 aromatic carbocycles. The molecule has 0 unspecified atom stereocenters. The van der Waals surface area contributed by atoms with Gasteiger partial charge in [0.25, 0.3) is 11.5 Å². The van der Waals surface area contributed by atoms with Crippen LogP contribution in [0.25, 0.3) is 0 Å². The third-order valence-corrected chi connectivity index (χ3v) is 2.72. The van der Waals surface area contributed by atoms with Gasteiger partial charge in [0.1, 0.15) is 0 Å². The van der Waals surface area contributed by atoms with Crippen molar-refractivity contribution in [1.29, 1.82) is 0 Å². The van der Waals surface area contributed by atoms with Gasteiger partial charge in [0.15, 0.2) is 5.88 Å². The van der Waals surface area contributed by atoms with E-state index in [1.807, 2.05) is 0 Å². The van der Waals surface area contributed by atoms with Crippen LogP contribution in [0.3, 0.4) is 0 Å². The summed E-state index contributed by atoms with van der Waals surface area (Å²) in [7, 11) is 0. The van der Waals surface area contributed by atoms with Gasteiger partial charge in [-0.3, -0.25) is 14.6 Å². The minimum absolute atomic E-state index is 0.0812. The molecule has 0 saturated carbocycles. The second-order valence-corrected chi connectivity index (χ2v) is 4.14. The molecule has 1 aliphatic rings. The molecule has 4 N–H and O–H groups in total. The topological polar surface area (TPSA) is 94.2 Å². The van der Waals surface area contributed by atoms with Gasteiger partial charge in [-0.05, 0) is 19.4 Å². The molecule has 6 nitrogen and oxygen atoms in total. The average molecular weight is 237 g/mol. The number of hydrogen-bond acceptors (Lipinski definition) is 4. The predicted octanol–water partition coefficient (Wildman–Crippen LogP) is -0.438. The maximum atomic E-state index is 11.8. The summed E-state index contributed by atoms with van der Waals surface area (Å²) in [5, 5.41) is 15.2. The van der Waals surface area contributed by atoms with E-state index in [0.717, 1.165) is 25.9 Å². The number of aromatic amines is 1. The van der Waals surface area contributed by atoms with Crippen molar-refractivity contribution in [2.75, 3.05) is 13.1 Å². The Hall–Kier alpha value is -1.82. The van der Waals surface area contributed by atoms with Crippen LogP contribution >= 0.6 is 0 Å². The van der Waals surface area contributed by atoms with Gasteiger partial charge in [-0.25, -0.2) is 0 Å². The van der Waals surface area contributed by atoms with Crippen LogP contribution in [-0.4, -0.2) is 35.1 Å². The van der Waals surface area contributed by atoms with Crippen molar-refractivity contribution in [1.82, 2.24) is 15.6 Å². The van der Waals surface area contributed by atoms with Gasteiger partial charge >= 0.3 is 0 Å². The van der Waals surface area contributed by atoms with Gasteiger partial charge in [-0.15, -0.1) is 0 Å². The summed E-state index contributed by atoms with van der Waals surface area (Å²) in [6.45, 7) is 1.71. The Labute approximate surface area is 98.1 Å². The van der Waals surface area contributed by atoms with Gasteiger partial charge in [0.2, 0.25) is 0 Å². The van der Waals surface area contributed by atoms with Gasteiger partial charge in [-0.1, -0.05) is 0 Å². The molecule has 1 saturated heterocycles. The van der Waals surface area contributed by atoms with Gasteiger partial charge in [-0.2, -0.15) is 0 Å². The number of H-pyrrole nitrogens is 1. The number of carbonyl (C=O) groups excluding carboxylic acids is 1. The number of amides is 1. The Morgan fingerprint density at radius 1 is 1.47 bits per heavy atom. The fourth-order valence-corrected chi connectivity index (χ4v) is 1.90. The average Bonchev–Trinajstić information content (AvgIpc) is 2.29. The fraction of sp³-hybridized carbons (Fsp3) is 0.455. The highest BCUT2D eigenvalue weighted by molar-refractivity contribution is 5.94. The lowest BCUT2D eigenvalue weighted by atomic mass is 10.1. The number of hydrogen-bond donors (Lipinski definition) is 4. The minimum Gasteiger partial charge on any atom is -0.494 e. The van der Waals surface area contributed by atoms with Crippen LogP contribution in [0.4, 0.5) is 0 Å². The molecule has 17 heavy (non-hydrogen) atoms. The number of aromatic hydroxyl groups is 1. The van der Waals surface area contributed by atoms with Gasteiger partial charge < -0.3 is 15.7 Å². The van der Waals surface area contributed by atoms with Crippen LogP contribution in [0.1, 0.15) is 23.2 Å². The van der Waals surface area contributed by atoms with Crippen LogP contribution in [0.2, 0.25) is 0 Å². The normalized spacial score (nSPS) is 19.9. The molecule has 1 atom stereocenters. The number of pyridine rings is 1. The van der Waals surface area contributed by atoms with E-state index in [9.17, 15) is 14.7 Å². The molecule has 6 heteroatoms. The Morgan fingerprint density at radius 2 is 2.29 bits per heavy atom. The van der Waals surface area contributed by atoms with Crippen molar-refractivity contribution < 1.29 is 9.90 Å². The first-order valence-corrected chi connectivity index (χ1v) is 5.60. The lowest BCUT2D eigenvalue weighted by molar-refractivity contribution is 0.0930. The number of nitrogens with one attached hydrogen (secondary N) is 3. The van der Waals surface area contributed by atoms with E-state index in [-0.39, 0.29) is 23.4 Å². The lowest BCUT2D eigenvalue weighted by Crippen LogP contribution is -2.45. The summed E-state index contributed by atoms with van der Waals surface area (Å²) in [4.78, 5) is 25.1. The molecule has 1 aromatic heterocycles. The summed E-state index contributed by atoms with van der Waals surface area (Å²) >= 11 is 0. The molecule has 1 aromatic rings. The Bertz CT molecular complexity index is 463. The number of piperidine rings is 1. The van der Waals surface area contributed by atoms with Crippen molar-refractivity contribution in [2.24, 2.45) is 0 Å². The summed E-state index contributed by atoms with van der Waals surface area (Å²) in [6.07, 6.45) is 1.94. The van der Waals surface area contributed by atoms with Crippen molar-refractivity contribution in [3.8, 4) is 5.88 Å². The second kappa shape index (κ2) is 5.01. The Balaban J connectivity index is 2.05. The number of carbonyl (C=O) groups is 1. The standard InChI is InChI=1S/C11H15N3O3/c15-9-4-7(5-10(16)14-9)11(17)13-8-2-1-3-12-6-8/h4-5,8,12H,1-3,6H2,(H,13,17)(H2,14,15,16)/t8-/m0/s1. The summed E-state index contributed by atoms with van der Waals surface area (Å²) in [5.41, 5.74) is -0.311. The highest BCUT2D eigenvalue weighted by Crippen LogP contribution is 2.06. The highest BCUT2D eigenvalue weighted by Gasteiger charge is 2.16. The monoisotopic (exact) mass is 237 g/mol. The van der Waals surface area contributed by atoms with E-state index in [1.54, 1.807) is 0 Å². The molecule has 0 bridgehead atoms. The molecule has 1 aliphatic heterocycles. The quantitative estimate of drug-likeness (QED) is 0.561. The van der Waals surface area contributed by atoms with E-state index in [0.29, 0.717) is 0 Å². The third-order valence-electron chi connectivity index (χ3n) is 2.72. The first-order chi connectivity index (χ1) is 8.15. The molecule has 2 rings (SSSR count). The zero-order valence-electron chi connectivity index (χ0n) is 9.32. The van der Waals surface area contributed by atoms with Crippen molar-refractivity contribution in [2.45, 2.75) is 18.9 Å². The molecule has 0 radical (unpaired) electrons. The summed E-state index contributed by atoms with van der Waals surface area (Å²) in [5.74, 6) is -0.635. The molecule has 2 heterocycles. The Morgan fingerprint density at radius 3 is 2.94 bits per heavy atom. The van der Waals surface area contributed by atoms with Crippen LogP contribution < -0.4 is 16.2 Å². The van der Waals surface area contributed by atoms with Gasteiger partial charge in [0, 0.05) is 24.7 Å². The smallest absolute Gasteiger partial charge is 0.251 e. The van der Waals surface area contributed by atoms with Crippen molar-refractivity contribution in [3.05, 3.63) is 28.0 Å². The van der Waals surface area contributed by atoms with E-state index in [1.165, 1.54) is 12.1 Å². The molecule has 1 fully saturated rings. The number of rotatable bonds is 2. The SMILES string of the molecule is O=C(N[C@H]1CCCNC1)c1cc(O)[nH]c(=O)c1. The molecule has 0 spiro atoms. The van der Waals surface area contributed by atoms with E-state index in [4.69, 9.17) is 0 Å². The van der Waals surface area contributed by atoms with Crippen LogP contribution in [0.5, 0.6) is 5.88 Å². The largest absolute Gasteiger partial charge is 0.494 e. The van der Waals surface area contributed by atoms with Crippen LogP contribution in [0.15, 0.2) is 16.9 Å². The fourth-order valence-electron chi connectivity index (χ4n) is 1.90. The van der Waals surface area contributed by atoms with Crippen LogP contribution in [-0.2, 0) is 0 Å². The van der Waals surface area contributed by atoms with Crippen molar-refractivity contribution >= 4 is 5.91 Å². The first-order valence-electron chi connectivity index (χ1n) is 5.60. The lowest BCUT2D eigenvalue weighted by Gasteiger charge is -2.23. The Kier molecular flexibility index (Phi) is 3.43. The third kappa shape index (κ3) is 3.07. The molecular formula is C11H15N3O3. The van der Waals surface area contributed by atoms with E-state index < -0.39 is 5.56 Å². The van der Waals surface area contributed by atoms with Gasteiger partial charge in [0.05, 0.1) is 5.56 Å². The zero-order chi connectivity index (χ0) is 12.3. The van der Waals surface area contributed by atoms with Crippen molar-refractivity contribution in [3.63, 3.8) is 0 Å². The zero-order valence-corrected chi connectivity index (χ0v) is 9.32. The highest BCUT2D eigenvalue weighted by atomic mass is 16.3. The summed E-state index contributed by atoms with van der Waals surface area (Å²) in [6, 6.07) is 2.50. The minimum atomic E-state index is -0.489. The van der Waals surface area contributed by atoms with E-state index >= 15 is 0 Å². The summed E-state index contributed by atoms with van der Waals surface area (Å²) < 4.78 is 0. The van der Waals surface area contributed by atoms with E-state index in [2.05, 4.69) is 15.6 Å². The first kappa shape index (κ1) is 11.7. The molecule has 92 valence electrons. The maximum absolute atomic E-state index is 11.8. The molecular weight excluding hydrogens is 222 g/mol. The molecule has 0 aliphatic carbocycles. The van der Waals surface area contributed by atoms with Crippen LogP contribution in [0, 0.1) is 0 Å².